The summed E-state index contributed by atoms with van der Waals surface area (Å²) in [5, 5.41) is 4.89. The SMILES string of the molecule is Cc1cc(NC(=O)Nc2ccc(F)cc2)c(F)cc1Br. The summed E-state index contributed by atoms with van der Waals surface area (Å²) in [7, 11) is 0. The van der Waals surface area contributed by atoms with Crippen LogP contribution >= 0.6 is 15.9 Å². The van der Waals surface area contributed by atoms with E-state index >= 15 is 0 Å². The Morgan fingerprint density at radius 3 is 2.40 bits per heavy atom. The molecule has 0 bridgehead atoms. The zero-order valence-corrected chi connectivity index (χ0v) is 12.1. The summed E-state index contributed by atoms with van der Waals surface area (Å²) in [4.78, 5) is 11.7. The molecule has 0 radical (unpaired) electrons. The van der Waals surface area contributed by atoms with Crippen molar-refractivity contribution < 1.29 is 13.6 Å². The van der Waals surface area contributed by atoms with Crippen LogP contribution in [0.1, 0.15) is 5.56 Å². The molecule has 2 N–H and O–H groups in total. The Kier molecular flexibility index (Phi) is 4.34. The summed E-state index contributed by atoms with van der Waals surface area (Å²) >= 11 is 3.20. The minimum atomic E-state index is -0.600. The van der Waals surface area contributed by atoms with E-state index in [0.717, 1.165) is 5.56 Å². The van der Waals surface area contributed by atoms with E-state index in [0.29, 0.717) is 10.2 Å². The molecule has 2 aromatic rings. The van der Waals surface area contributed by atoms with Crippen molar-refractivity contribution in [3.8, 4) is 0 Å². The summed E-state index contributed by atoms with van der Waals surface area (Å²) in [5.74, 6) is -0.942. The molecule has 2 rings (SSSR count). The Hall–Kier alpha value is -1.95. The molecule has 104 valence electrons. The van der Waals surface area contributed by atoms with E-state index in [4.69, 9.17) is 0 Å². The van der Waals surface area contributed by atoms with E-state index in [1.807, 2.05) is 0 Å². The largest absolute Gasteiger partial charge is 0.323 e. The van der Waals surface area contributed by atoms with Crippen molar-refractivity contribution in [2.24, 2.45) is 0 Å². The molecule has 2 aromatic carbocycles. The third-order valence-corrected chi connectivity index (χ3v) is 3.45. The third kappa shape index (κ3) is 3.54. The lowest BCUT2D eigenvalue weighted by Gasteiger charge is -2.10. The molecule has 0 aliphatic carbocycles. The van der Waals surface area contributed by atoms with Crippen LogP contribution in [0.15, 0.2) is 40.9 Å². The number of anilines is 2. The molecule has 2 amide bonds. The van der Waals surface area contributed by atoms with Crippen LogP contribution in [0.2, 0.25) is 0 Å². The maximum absolute atomic E-state index is 13.7. The number of benzene rings is 2. The molecule has 0 aromatic heterocycles. The number of amides is 2. The molecule has 3 nitrogen and oxygen atoms in total. The predicted molar refractivity (Wildman–Crippen MR) is 77.9 cm³/mol. The molecule has 0 heterocycles. The molecule has 0 saturated heterocycles. The van der Waals surface area contributed by atoms with E-state index in [2.05, 4.69) is 26.6 Å². The van der Waals surface area contributed by atoms with Crippen molar-refractivity contribution in [2.75, 3.05) is 10.6 Å². The number of hydrogen-bond acceptors (Lipinski definition) is 1. The Balaban J connectivity index is 2.08. The van der Waals surface area contributed by atoms with Crippen molar-refractivity contribution in [1.82, 2.24) is 0 Å². The summed E-state index contributed by atoms with van der Waals surface area (Å²) in [6.07, 6.45) is 0. The highest BCUT2D eigenvalue weighted by molar-refractivity contribution is 9.10. The van der Waals surface area contributed by atoms with Crippen LogP contribution in [0.4, 0.5) is 25.0 Å². The first-order chi connectivity index (χ1) is 9.45. The number of carbonyl (C=O) groups is 1. The van der Waals surface area contributed by atoms with Crippen LogP contribution in [0, 0.1) is 18.6 Å². The van der Waals surface area contributed by atoms with Gasteiger partial charge in [0, 0.05) is 10.2 Å². The highest BCUT2D eigenvalue weighted by atomic mass is 79.9. The first-order valence-electron chi connectivity index (χ1n) is 5.75. The van der Waals surface area contributed by atoms with E-state index in [1.54, 1.807) is 6.92 Å². The van der Waals surface area contributed by atoms with Crippen LogP contribution in [-0.2, 0) is 0 Å². The van der Waals surface area contributed by atoms with Gasteiger partial charge in [0.25, 0.3) is 0 Å². The lowest BCUT2D eigenvalue weighted by Crippen LogP contribution is -2.20. The van der Waals surface area contributed by atoms with Crippen LogP contribution in [-0.4, -0.2) is 6.03 Å². The van der Waals surface area contributed by atoms with Gasteiger partial charge in [-0.1, -0.05) is 15.9 Å². The van der Waals surface area contributed by atoms with Gasteiger partial charge in [-0.2, -0.15) is 0 Å². The molecule has 6 heteroatoms. The number of aryl methyl sites for hydroxylation is 1. The number of halogens is 3. The third-order valence-electron chi connectivity index (χ3n) is 2.60. The van der Waals surface area contributed by atoms with Gasteiger partial charge in [-0.05, 0) is 48.9 Å². The smallest absolute Gasteiger partial charge is 0.308 e. The Bertz CT molecular complexity index is 644. The van der Waals surface area contributed by atoms with Gasteiger partial charge in [0.2, 0.25) is 0 Å². The molecule has 0 atom stereocenters. The van der Waals surface area contributed by atoms with Gasteiger partial charge in [-0.3, -0.25) is 0 Å². The number of urea groups is 1. The van der Waals surface area contributed by atoms with E-state index < -0.39 is 17.7 Å². The van der Waals surface area contributed by atoms with Crippen molar-refractivity contribution >= 4 is 33.3 Å². The van der Waals surface area contributed by atoms with Crippen LogP contribution in [0.25, 0.3) is 0 Å². The summed E-state index contributed by atoms with van der Waals surface area (Å²) in [5.41, 5.74) is 1.28. The second kappa shape index (κ2) is 6.00. The average Bonchev–Trinajstić information content (AvgIpc) is 2.39. The molecule has 0 aliphatic rings. The van der Waals surface area contributed by atoms with E-state index in [9.17, 15) is 13.6 Å². The Morgan fingerprint density at radius 1 is 1.10 bits per heavy atom. The highest BCUT2D eigenvalue weighted by Gasteiger charge is 2.09. The monoisotopic (exact) mass is 340 g/mol. The van der Waals surface area contributed by atoms with Gasteiger partial charge < -0.3 is 10.6 Å². The molecule has 0 fully saturated rings. The molecule has 0 spiro atoms. The standard InChI is InChI=1S/C14H11BrF2N2O/c1-8-6-13(12(17)7-11(8)15)19-14(20)18-10-4-2-9(16)3-5-10/h2-7H,1H3,(H2,18,19,20). The Morgan fingerprint density at radius 2 is 1.75 bits per heavy atom. The molecule has 0 aliphatic heterocycles. The minimum Gasteiger partial charge on any atom is -0.308 e. The van der Waals surface area contributed by atoms with Crippen LogP contribution < -0.4 is 10.6 Å². The number of nitrogens with one attached hydrogen (secondary N) is 2. The molecule has 0 saturated carbocycles. The topological polar surface area (TPSA) is 41.1 Å². The number of hydrogen-bond donors (Lipinski definition) is 2. The van der Waals surface area contributed by atoms with Gasteiger partial charge in [0.15, 0.2) is 0 Å². The maximum Gasteiger partial charge on any atom is 0.323 e. The average molecular weight is 341 g/mol. The first-order valence-corrected chi connectivity index (χ1v) is 6.54. The minimum absolute atomic E-state index is 0.0744. The van der Waals surface area contributed by atoms with Gasteiger partial charge in [0.1, 0.15) is 11.6 Å². The quantitative estimate of drug-likeness (QED) is 0.818. The number of carbonyl (C=O) groups excluding carboxylic acids is 1. The van der Waals surface area contributed by atoms with Crippen molar-refractivity contribution in [2.45, 2.75) is 6.92 Å². The highest BCUT2D eigenvalue weighted by Crippen LogP contribution is 2.24. The number of rotatable bonds is 2. The van der Waals surface area contributed by atoms with E-state index in [-0.39, 0.29) is 5.69 Å². The first kappa shape index (κ1) is 14.5. The summed E-state index contributed by atoms with van der Waals surface area (Å²) in [6, 6.07) is 7.47. The van der Waals surface area contributed by atoms with Gasteiger partial charge in [0.05, 0.1) is 5.69 Å². The van der Waals surface area contributed by atoms with Crippen molar-refractivity contribution in [3.05, 3.63) is 58.1 Å². The van der Waals surface area contributed by atoms with Gasteiger partial charge in [-0.25, -0.2) is 13.6 Å². The lowest BCUT2D eigenvalue weighted by atomic mass is 10.2. The van der Waals surface area contributed by atoms with Crippen molar-refractivity contribution in [3.63, 3.8) is 0 Å². The van der Waals surface area contributed by atoms with Crippen molar-refractivity contribution in [1.29, 1.82) is 0 Å². The molecular formula is C14H11BrF2N2O. The fraction of sp³-hybridized carbons (Fsp3) is 0.0714. The second-order valence-corrected chi connectivity index (χ2v) is 5.02. The lowest BCUT2D eigenvalue weighted by molar-refractivity contribution is 0.262. The summed E-state index contributed by atoms with van der Waals surface area (Å²) in [6.45, 7) is 1.78. The normalized spacial score (nSPS) is 10.2. The van der Waals surface area contributed by atoms with Gasteiger partial charge >= 0.3 is 6.03 Å². The fourth-order valence-electron chi connectivity index (χ4n) is 1.57. The zero-order valence-electron chi connectivity index (χ0n) is 10.5. The molecule has 20 heavy (non-hydrogen) atoms. The summed E-state index contributed by atoms with van der Waals surface area (Å²) < 4.78 is 27.0. The van der Waals surface area contributed by atoms with E-state index in [1.165, 1.54) is 36.4 Å². The Labute approximate surface area is 123 Å². The van der Waals surface area contributed by atoms with Gasteiger partial charge in [-0.15, -0.1) is 0 Å². The second-order valence-electron chi connectivity index (χ2n) is 4.17. The molecular weight excluding hydrogens is 330 g/mol. The zero-order chi connectivity index (χ0) is 14.7. The maximum atomic E-state index is 13.7. The fourth-order valence-corrected chi connectivity index (χ4v) is 1.89. The van der Waals surface area contributed by atoms with Crippen LogP contribution in [0.5, 0.6) is 0 Å². The van der Waals surface area contributed by atoms with Crippen LogP contribution in [0.3, 0.4) is 0 Å². The molecule has 0 unspecified atom stereocenters. The predicted octanol–water partition coefficient (Wildman–Crippen LogP) is 4.68.